The first-order valence-corrected chi connectivity index (χ1v) is 8.98. The summed E-state index contributed by atoms with van der Waals surface area (Å²) in [6, 6.07) is 10.4. The number of hydrogen-bond donors (Lipinski definition) is 0. The number of hydrogen-bond acceptors (Lipinski definition) is 4. The minimum absolute atomic E-state index is 0.124. The number of allylic oxidation sites excluding steroid dienone is 4. The van der Waals surface area contributed by atoms with Gasteiger partial charge in [0.05, 0.1) is 17.0 Å². The molecule has 1 aliphatic rings. The summed E-state index contributed by atoms with van der Waals surface area (Å²) in [5.74, 6) is 0.396. The average molecular weight is 354 g/mol. The molecule has 0 saturated carbocycles. The molecule has 5 heteroatoms. The van der Waals surface area contributed by atoms with E-state index in [0.717, 1.165) is 32.4 Å². The number of benzene rings is 1. The van der Waals surface area contributed by atoms with Crippen LogP contribution in [-0.4, -0.2) is 35.2 Å². The molecule has 138 valence electrons. The lowest BCUT2D eigenvalue weighted by molar-refractivity contribution is -0.420. The maximum absolute atomic E-state index is 12.6. The zero-order valence-electron chi connectivity index (χ0n) is 15.3. The molecule has 0 bridgehead atoms. The van der Waals surface area contributed by atoms with E-state index in [1.807, 2.05) is 6.07 Å². The topological polar surface area (TPSA) is 63.5 Å². The second kappa shape index (κ2) is 9.82. The fourth-order valence-corrected chi connectivity index (χ4v) is 3.38. The molecule has 1 aliphatic heterocycles. The number of nitrogens with zero attached hydrogens (tertiary/aromatic N) is 2. The van der Waals surface area contributed by atoms with Gasteiger partial charge in [-0.05, 0) is 62.9 Å². The van der Waals surface area contributed by atoms with Gasteiger partial charge in [0.1, 0.15) is 0 Å². The first-order chi connectivity index (χ1) is 12.5. The molecule has 0 unspecified atom stereocenters. The van der Waals surface area contributed by atoms with Crippen molar-refractivity contribution in [3.63, 3.8) is 0 Å². The van der Waals surface area contributed by atoms with E-state index in [2.05, 4.69) is 35.7 Å². The molecule has 1 saturated heterocycles. The second-order valence-corrected chi connectivity index (χ2v) is 6.58. The minimum Gasteiger partial charge on any atom is -0.296 e. The van der Waals surface area contributed by atoms with Crippen LogP contribution in [0, 0.1) is 16.0 Å². The Morgan fingerprint density at radius 1 is 1.31 bits per heavy atom. The Balaban J connectivity index is 1.91. The van der Waals surface area contributed by atoms with Gasteiger partial charge in [0.15, 0.2) is 5.78 Å². The molecule has 5 nitrogen and oxygen atoms in total. The van der Waals surface area contributed by atoms with Crippen LogP contribution in [0.4, 0.5) is 0 Å². The quantitative estimate of drug-likeness (QED) is 0.308. The summed E-state index contributed by atoms with van der Waals surface area (Å²) < 4.78 is 0. The maximum Gasteiger partial charge on any atom is 0.275 e. The molecular weight excluding hydrogens is 328 g/mol. The smallest absolute Gasteiger partial charge is 0.275 e. The monoisotopic (exact) mass is 354 g/mol. The first-order valence-electron chi connectivity index (χ1n) is 8.98. The molecule has 0 aliphatic carbocycles. The zero-order chi connectivity index (χ0) is 18.9. The van der Waals surface area contributed by atoms with Gasteiger partial charge in [-0.1, -0.05) is 43.0 Å². The normalized spacial score (nSPS) is 17.1. The largest absolute Gasteiger partial charge is 0.296 e. The Bertz CT molecular complexity index is 699. The van der Waals surface area contributed by atoms with Gasteiger partial charge in [0, 0.05) is 0 Å². The van der Waals surface area contributed by atoms with Crippen molar-refractivity contribution < 1.29 is 9.72 Å². The summed E-state index contributed by atoms with van der Waals surface area (Å²) in [7, 11) is 0. The van der Waals surface area contributed by atoms with Crippen LogP contribution in [-0.2, 0) is 11.2 Å². The Labute approximate surface area is 154 Å². The van der Waals surface area contributed by atoms with Crippen LogP contribution < -0.4 is 0 Å². The number of ketones is 1. The number of rotatable bonds is 8. The van der Waals surface area contributed by atoms with Crippen molar-refractivity contribution in [2.75, 3.05) is 19.6 Å². The predicted octanol–water partition coefficient (Wildman–Crippen LogP) is 3.80. The molecule has 26 heavy (non-hydrogen) atoms. The fraction of sp³-hybridized carbons (Fsp3) is 0.381. The SMILES string of the molecule is C=C/C=C(C(=O)CN1CCC(Cc2ccccc2)CC1)\C(=C/C)[N+](=O)[O-]. The van der Waals surface area contributed by atoms with Crippen LogP contribution in [0.2, 0.25) is 0 Å². The summed E-state index contributed by atoms with van der Waals surface area (Å²) in [5.41, 5.74) is 1.31. The highest BCUT2D eigenvalue weighted by molar-refractivity contribution is 6.00. The molecule has 0 aromatic heterocycles. The molecule has 0 atom stereocenters. The van der Waals surface area contributed by atoms with Gasteiger partial charge in [-0.25, -0.2) is 0 Å². The summed E-state index contributed by atoms with van der Waals surface area (Å²) in [4.78, 5) is 25.3. The molecule has 0 amide bonds. The van der Waals surface area contributed by atoms with E-state index in [0.29, 0.717) is 5.92 Å². The lowest BCUT2D eigenvalue weighted by Gasteiger charge is -2.31. The molecule has 1 aromatic carbocycles. The van der Waals surface area contributed by atoms with E-state index in [4.69, 9.17) is 0 Å². The zero-order valence-corrected chi connectivity index (χ0v) is 15.3. The second-order valence-electron chi connectivity index (χ2n) is 6.58. The van der Waals surface area contributed by atoms with E-state index in [1.54, 1.807) is 6.92 Å². The van der Waals surface area contributed by atoms with Gasteiger partial charge >= 0.3 is 0 Å². The molecule has 1 aromatic rings. The summed E-state index contributed by atoms with van der Waals surface area (Å²) in [6.07, 6.45) is 7.35. The van der Waals surface area contributed by atoms with Crippen LogP contribution in [0.25, 0.3) is 0 Å². The third-order valence-corrected chi connectivity index (χ3v) is 4.77. The van der Waals surface area contributed by atoms with Crippen LogP contribution in [0.15, 0.2) is 66.4 Å². The van der Waals surface area contributed by atoms with E-state index in [-0.39, 0.29) is 23.6 Å². The minimum atomic E-state index is -0.515. The van der Waals surface area contributed by atoms with Crippen LogP contribution in [0.1, 0.15) is 25.3 Å². The Morgan fingerprint density at radius 3 is 2.50 bits per heavy atom. The molecule has 0 N–H and O–H groups in total. The predicted molar refractivity (Wildman–Crippen MR) is 103 cm³/mol. The lowest BCUT2D eigenvalue weighted by Crippen LogP contribution is -2.38. The lowest BCUT2D eigenvalue weighted by atomic mass is 9.90. The molecule has 1 fully saturated rings. The molecule has 0 spiro atoms. The number of carbonyl (C=O) groups is 1. The Hall–Kier alpha value is -2.53. The first kappa shape index (κ1) is 19.8. The third-order valence-electron chi connectivity index (χ3n) is 4.77. The van der Waals surface area contributed by atoms with Crippen molar-refractivity contribution in [2.45, 2.75) is 26.2 Å². The summed E-state index contributed by atoms with van der Waals surface area (Å²) >= 11 is 0. The van der Waals surface area contributed by atoms with E-state index >= 15 is 0 Å². The van der Waals surface area contributed by atoms with Crippen molar-refractivity contribution >= 4 is 5.78 Å². The Kier molecular flexibility index (Phi) is 7.48. The van der Waals surface area contributed by atoms with Gasteiger partial charge in [-0.2, -0.15) is 0 Å². The van der Waals surface area contributed by atoms with Gasteiger partial charge in [-0.15, -0.1) is 0 Å². The van der Waals surface area contributed by atoms with E-state index in [1.165, 1.54) is 23.8 Å². The number of likely N-dealkylation sites (tertiary alicyclic amines) is 1. The van der Waals surface area contributed by atoms with Crippen molar-refractivity contribution in [3.05, 3.63) is 82.1 Å². The van der Waals surface area contributed by atoms with Crippen molar-refractivity contribution in [1.29, 1.82) is 0 Å². The number of nitro groups is 1. The number of piperidine rings is 1. The molecule has 1 heterocycles. The van der Waals surface area contributed by atoms with Crippen molar-refractivity contribution in [3.8, 4) is 0 Å². The average Bonchev–Trinajstić information content (AvgIpc) is 2.64. The summed E-state index contributed by atoms with van der Waals surface area (Å²) in [5, 5.41) is 11.2. The molecule has 0 radical (unpaired) electrons. The molecule has 2 rings (SSSR count). The van der Waals surface area contributed by atoms with Crippen LogP contribution >= 0.6 is 0 Å². The van der Waals surface area contributed by atoms with Crippen molar-refractivity contribution in [2.24, 2.45) is 5.92 Å². The summed E-state index contributed by atoms with van der Waals surface area (Å²) in [6.45, 7) is 7.02. The fourth-order valence-electron chi connectivity index (χ4n) is 3.38. The van der Waals surface area contributed by atoms with Crippen LogP contribution in [0.3, 0.4) is 0 Å². The van der Waals surface area contributed by atoms with Crippen molar-refractivity contribution in [1.82, 2.24) is 4.90 Å². The van der Waals surface area contributed by atoms with E-state index < -0.39 is 4.92 Å². The molecular formula is C21H26N2O3. The third kappa shape index (κ3) is 5.49. The maximum atomic E-state index is 12.6. The van der Waals surface area contributed by atoms with E-state index in [9.17, 15) is 14.9 Å². The number of carbonyl (C=O) groups excluding carboxylic acids is 1. The highest BCUT2D eigenvalue weighted by Gasteiger charge is 2.26. The Morgan fingerprint density at radius 2 is 1.96 bits per heavy atom. The highest BCUT2D eigenvalue weighted by atomic mass is 16.6. The number of Topliss-reactive ketones (excluding diaryl/α,β-unsaturated/α-hetero) is 1. The van der Waals surface area contributed by atoms with Gasteiger partial charge in [0.25, 0.3) is 5.70 Å². The van der Waals surface area contributed by atoms with Gasteiger partial charge in [-0.3, -0.25) is 19.8 Å². The van der Waals surface area contributed by atoms with Crippen LogP contribution in [0.5, 0.6) is 0 Å². The standard InChI is InChI=1S/C21H26N2O3/c1-3-8-19(20(4-2)23(25)26)21(24)16-22-13-11-18(12-14-22)15-17-9-6-5-7-10-17/h3-10,18H,1,11-16H2,2H3/b19-8+,20-4+. The van der Waals surface area contributed by atoms with Gasteiger partial charge < -0.3 is 0 Å². The highest BCUT2D eigenvalue weighted by Crippen LogP contribution is 2.22. The van der Waals surface area contributed by atoms with Gasteiger partial charge in [0.2, 0.25) is 0 Å².